The Hall–Kier alpha value is -4.61. The summed E-state index contributed by atoms with van der Waals surface area (Å²) in [7, 11) is 0. The summed E-state index contributed by atoms with van der Waals surface area (Å²) in [5, 5.41) is 9.48. The molecule has 226 valence electrons. The fourth-order valence-electron chi connectivity index (χ4n) is 6.31. The van der Waals surface area contributed by atoms with Gasteiger partial charge in [0.1, 0.15) is 29.0 Å². The number of amides is 1. The average Bonchev–Trinajstić information content (AvgIpc) is 3.34. The van der Waals surface area contributed by atoms with Gasteiger partial charge in [0.2, 0.25) is 5.91 Å². The predicted molar refractivity (Wildman–Crippen MR) is 160 cm³/mol. The molecule has 0 radical (unpaired) electrons. The van der Waals surface area contributed by atoms with Crippen LogP contribution in [0.1, 0.15) is 74.6 Å². The number of nitrogens with two attached hydrogens (primary N) is 1. The van der Waals surface area contributed by atoms with Crippen molar-refractivity contribution in [3.63, 3.8) is 0 Å². The van der Waals surface area contributed by atoms with Gasteiger partial charge < -0.3 is 24.9 Å². The molecule has 1 unspecified atom stereocenters. The number of para-hydroxylation sites is 1. The number of benzene rings is 2. The molecule has 0 aliphatic carbocycles. The number of hydrogen-bond donors (Lipinski definition) is 2. The quantitative estimate of drug-likeness (QED) is 0.299. The monoisotopic (exact) mass is 597 g/mol. The van der Waals surface area contributed by atoms with E-state index in [0.717, 1.165) is 67.7 Å². The van der Waals surface area contributed by atoms with Crippen molar-refractivity contribution >= 4 is 29.1 Å². The van der Waals surface area contributed by atoms with Gasteiger partial charge in [-0.15, -0.1) is 0 Å². The van der Waals surface area contributed by atoms with E-state index in [0.29, 0.717) is 29.8 Å². The van der Waals surface area contributed by atoms with Crippen molar-refractivity contribution < 1.29 is 28.6 Å². The maximum atomic E-state index is 14.9. The van der Waals surface area contributed by atoms with Crippen LogP contribution in [0.3, 0.4) is 0 Å². The summed E-state index contributed by atoms with van der Waals surface area (Å²) >= 11 is 0. The van der Waals surface area contributed by atoms with E-state index in [1.807, 2.05) is 28.9 Å². The van der Waals surface area contributed by atoms with Crippen LogP contribution in [0.15, 0.2) is 54.6 Å². The summed E-state index contributed by atoms with van der Waals surface area (Å²) in [6, 6.07) is 13.5. The Morgan fingerprint density at radius 2 is 1.86 bits per heavy atom. The van der Waals surface area contributed by atoms with Crippen LogP contribution in [0.25, 0.3) is 17.2 Å². The number of likely N-dealkylation sites (tertiary alicyclic amines) is 1. The first kappa shape index (κ1) is 28.2. The molecular weight excluding hydrogens is 565 g/mol. The van der Waals surface area contributed by atoms with Gasteiger partial charge in [-0.25, -0.2) is 19.2 Å². The van der Waals surface area contributed by atoms with Crippen LogP contribution >= 0.6 is 0 Å². The van der Waals surface area contributed by atoms with Gasteiger partial charge >= 0.3 is 5.97 Å². The van der Waals surface area contributed by atoms with Gasteiger partial charge in [-0.1, -0.05) is 30.3 Å². The standard InChI is InChI=1S/C33H32FN5O5/c34-25-16-21(31(35)40)4-6-24(25)28-9-5-20-2-1-3-23(30(20)44-28)19-10-13-38(14-11-19)18-29-36-26-7-8-27(33(41)42)37-32(26)39(29)17-22-12-15-43-22/h1-9,16,19,22,28H,10-15,17-18H2,(H2,35,40)(H,41,42)/t22-,28?/m0/s1. The minimum Gasteiger partial charge on any atom is -0.481 e. The lowest BCUT2D eigenvalue weighted by Gasteiger charge is -2.34. The highest BCUT2D eigenvalue weighted by molar-refractivity contribution is 5.92. The van der Waals surface area contributed by atoms with Gasteiger partial charge in [-0.05, 0) is 74.2 Å². The molecule has 10 nitrogen and oxygen atoms in total. The number of carbonyl (C=O) groups excluding carboxylic acids is 1. The number of imidazole rings is 1. The fourth-order valence-corrected chi connectivity index (χ4v) is 6.31. The minimum atomic E-state index is -1.07. The zero-order valence-electron chi connectivity index (χ0n) is 24.0. The van der Waals surface area contributed by atoms with Gasteiger partial charge in [-0.2, -0.15) is 0 Å². The van der Waals surface area contributed by atoms with Crippen LogP contribution in [0.5, 0.6) is 5.75 Å². The van der Waals surface area contributed by atoms with Crippen LogP contribution in [0.4, 0.5) is 4.39 Å². The summed E-state index contributed by atoms with van der Waals surface area (Å²) in [4.78, 5) is 34.7. The molecule has 44 heavy (non-hydrogen) atoms. The molecule has 2 aromatic carbocycles. The number of pyridine rings is 1. The van der Waals surface area contributed by atoms with E-state index in [4.69, 9.17) is 20.2 Å². The maximum absolute atomic E-state index is 14.9. The molecule has 0 spiro atoms. The smallest absolute Gasteiger partial charge is 0.354 e. The number of carbonyl (C=O) groups is 2. The first-order valence-electron chi connectivity index (χ1n) is 14.8. The number of rotatable bonds is 8. The summed E-state index contributed by atoms with van der Waals surface area (Å²) in [5.41, 5.74) is 9.08. The zero-order valence-corrected chi connectivity index (χ0v) is 24.0. The SMILES string of the molecule is NC(=O)c1ccc(C2C=Cc3cccc(C4CCN(Cc5nc6ccc(C(=O)O)nc6n5C[C@@H]5CCO5)CC4)c3O2)c(F)c1. The molecule has 5 heterocycles. The number of ether oxygens (including phenoxy) is 2. The molecule has 3 aliphatic heterocycles. The molecular formula is C33H32FN5O5. The van der Waals surface area contributed by atoms with E-state index in [-0.39, 0.29) is 23.3 Å². The van der Waals surface area contributed by atoms with E-state index < -0.39 is 23.8 Å². The summed E-state index contributed by atoms with van der Waals surface area (Å²) in [5.74, 6) is -0.403. The lowest BCUT2D eigenvalue weighted by molar-refractivity contribution is -0.0593. The second-order valence-electron chi connectivity index (χ2n) is 11.6. The molecule has 2 atom stereocenters. The Morgan fingerprint density at radius 1 is 1.05 bits per heavy atom. The second-order valence-corrected chi connectivity index (χ2v) is 11.6. The van der Waals surface area contributed by atoms with Crippen LogP contribution < -0.4 is 10.5 Å². The average molecular weight is 598 g/mol. The van der Waals surface area contributed by atoms with Crippen molar-refractivity contribution in [3.05, 3.63) is 94.2 Å². The van der Waals surface area contributed by atoms with Crippen molar-refractivity contribution in [2.45, 2.75) is 50.5 Å². The van der Waals surface area contributed by atoms with Crippen molar-refractivity contribution in [1.29, 1.82) is 0 Å². The lowest BCUT2D eigenvalue weighted by Crippen LogP contribution is -2.35. The Kier molecular flexibility index (Phi) is 7.35. The van der Waals surface area contributed by atoms with Crippen molar-refractivity contribution in [2.75, 3.05) is 19.7 Å². The molecule has 3 aliphatic rings. The highest BCUT2D eigenvalue weighted by atomic mass is 19.1. The van der Waals surface area contributed by atoms with Crippen molar-refractivity contribution in [3.8, 4) is 5.75 Å². The molecule has 0 saturated carbocycles. The van der Waals surface area contributed by atoms with Gasteiger partial charge in [0, 0.05) is 23.3 Å². The number of hydrogen-bond acceptors (Lipinski definition) is 7. The molecule has 0 bridgehead atoms. The van der Waals surface area contributed by atoms with E-state index in [2.05, 4.69) is 16.0 Å². The molecule has 7 rings (SSSR count). The Labute approximate surface area is 252 Å². The first-order valence-corrected chi connectivity index (χ1v) is 14.8. The number of carboxylic acid groups (broad SMARTS) is 1. The molecule has 11 heteroatoms. The van der Waals surface area contributed by atoms with Crippen molar-refractivity contribution in [2.24, 2.45) is 5.73 Å². The van der Waals surface area contributed by atoms with Crippen LogP contribution in [-0.2, 0) is 17.8 Å². The van der Waals surface area contributed by atoms with Crippen LogP contribution in [0.2, 0.25) is 0 Å². The Bertz CT molecular complexity index is 1790. The minimum absolute atomic E-state index is 0.00329. The summed E-state index contributed by atoms with van der Waals surface area (Å²) in [6.07, 6.45) is 6.01. The number of nitrogens with zero attached hydrogens (tertiary/aromatic N) is 4. The number of halogens is 1. The third-order valence-electron chi connectivity index (χ3n) is 8.83. The number of piperidine rings is 1. The van der Waals surface area contributed by atoms with Crippen LogP contribution in [-0.4, -0.2) is 62.2 Å². The Morgan fingerprint density at radius 3 is 2.57 bits per heavy atom. The Balaban J connectivity index is 1.07. The first-order chi connectivity index (χ1) is 21.3. The second kappa shape index (κ2) is 11.5. The number of fused-ring (bicyclic) bond motifs is 2. The predicted octanol–water partition coefficient (Wildman–Crippen LogP) is 4.68. The van der Waals surface area contributed by atoms with Gasteiger partial charge in [0.05, 0.1) is 19.2 Å². The summed E-state index contributed by atoms with van der Waals surface area (Å²) < 4.78 is 29.0. The normalized spacial score (nSPS) is 20.2. The maximum Gasteiger partial charge on any atom is 0.354 e. The topological polar surface area (TPSA) is 133 Å². The molecule has 2 saturated heterocycles. The van der Waals surface area contributed by atoms with Crippen LogP contribution in [0, 0.1) is 5.82 Å². The van der Waals surface area contributed by atoms with Gasteiger partial charge in [-0.3, -0.25) is 9.69 Å². The summed E-state index contributed by atoms with van der Waals surface area (Å²) in [6.45, 7) is 3.62. The number of aromatic carboxylic acids is 1. The fraction of sp³-hybridized carbons (Fsp3) is 0.333. The molecule has 1 amide bonds. The van der Waals surface area contributed by atoms with E-state index in [9.17, 15) is 19.1 Å². The lowest BCUT2D eigenvalue weighted by atomic mass is 9.87. The third-order valence-corrected chi connectivity index (χ3v) is 8.83. The number of aromatic nitrogens is 3. The van der Waals surface area contributed by atoms with E-state index >= 15 is 0 Å². The zero-order chi connectivity index (χ0) is 30.4. The highest BCUT2D eigenvalue weighted by Crippen LogP contribution is 2.42. The van der Waals surface area contributed by atoms with E-state index in [1.165, 1.54) is 12.1 Å². The number of carboxylic acids is 1. The van der Waals surface area contributed by atoms with Crippen molar-refractivity contribution in [1.82, 2.24) is 19.4 Å². The molecule has 4 aromatic rings. The molecule has 2 aromatic heterocycles. The molecule has 2 fully saturated rings. The highest BCUT2D eigenvalue weighted by Gasteiger charge is 2.29. The van der Waals surface area contributed by atoms with Gasteiger partial charge in [0.25, 0.3) is 0 Å². The number of primary amides is 1. The third kappa shape index (κ3) is 5.33. The molecule has 3 N–H and O–H groups in total. The van der Waals surface area contributed by atoms with Gasteiger partial charge in [0.15, 0.2) is 11.3 Å². The van der Waals surface area contributed by atoms with E-state index in [1.54, 1.807) is 12.1 Å². The largest absolute Gasteiger partial charge is 0.481 e.